The number of nitrogens with two attached hydrogens (primary N) is 1. The number of thioether (sulfide) groups is 1. The second-order valence-corrected chi connectivity index (χ2v) is 5.38. The van der Waals surface area contributed by atoms with E-state index in [4.69, 9.17) is 15.2 Å². The molecule has 18 heavy (non-hydrogen) atoms. The predicted molar refractivity (Wildman–Crippen MR) is 74.1 cm³/mol. The van der Waals surface area contributed by atoms with E-state index in [0.29, 0.717) is 24.3 Å². The fourth-order valence-corrected chi connectivity index (χ4v) is 2.71. The highest BCUT2D eigenvalue weighted by Gasteiger charge is 2.16. The van der Waals surface area contributed by atoms with Crippen molar-refractivity contribution in [1.29, 1.82) is 0 Å². The van der Waals surface area contributed by atoms with Crippen molar-refractivity contribution in [2.24, 2.45) is 0 Å². The van der Waals surface area contributed by atoms with Crippen LogP contribution in [0, 0.1) is 0 Å². The third kappa shape index (κ3) is 3.78. The van der Waals surface area contributed by atoms with Crippen molar-refractivity contribution in [1.82, 2.24) is 4.98 Å². The fraction of sp³-hybridized carbons (Fsp3) is 0.615. The highest BCUT2D eigenvalue weighted by Crippen LogP contribution is 2.26. The van der Waals surface area contributed by atoms with Gasteiger partial charge in [0.2, 0.25) is 5.88 Å². The number of hydrogen-bond acceptors (Lipinski definition) is 5. The molecule has 2 heterocycles. The van der Waals surface area contributed by atoms with Crippen molar-refractivity contribution in [2.45, 2.75) is 37.3 Å². The van der Waals surface area contributed by atoms with Crippen LogP contribution in [0.25, 0.3) is 0 Å². The summed E-state index contributed by atoms with van der Waals surface area (Å²) < 4.78 is 11.1. The molecule has 1 aliphatic rings. The molecule has 1 aromatic heterocycles. The first-order valence-corrected chi connectivity index (χ1v) is 7.42. The number of rotatable bonds is 6. The Morgan fingerprint density at radius 3 is 3.17 bits per heavy atom. The lowest BCUT2D eigenvalue weighted by Gasteiger charge is -2.10. The quantitative estimate of drug-likeness (QED) is 0.804. The molecular weight excluding hydrogens is 248 g/mol. The third-order valence-corrected chi connectivity index (χ3v) is 3.81. The lowest BCUT2D eigenvalue weighted by Crippen LogP contribution is -2.08. The summed E-state index contributed by atoms with van der Waals surface area (Å²) in [6, 6.07) is 3.80. The van der Waals surface area contributed by atoms with Gasteiger partial charge in [-0.1, -0.05) is 6.92 Å². The molecule has 0 aliphatic carbocycles. The molecule has 0 spiro atoms. The van der Waals surface area contributed by atoms with E-state index in [1.54, 1.807) is 11.8 Å². The van der Waals surface area contributed by atoms with Crippen molar-refractivity contribution >= 4 is 17.4 Å². The first-order valence-electron chi connectivity index (χ1n) is 6.43. The zero-order chi connectivity index (χ0) is 12.8. The molecule has 2 rings (SSSR count). The van der Waals surface area contributed by atoms with Gasteiger partial charge >= 0.3 is 0 Å². The largest absolute Gasteiger partial charge is 0.476 e. The maximum atomic E-state index is 5.83. The monoisotopic (exact) mass is 268 g/mol. The summed E-state index contributed by atoms with van der Waals surface area (Å²) in [6.07, 6.45) is 3.65. The van der Waals surface area contributed by atoms with E-state index in [-0.39, 0.29) is 0 Å². The topological polar surface area (TPSA) is 57.4 Å². The van der Waals surface area contributed by atoms with Gasteiger partial charge in [-0.3, -0.25) is 0 Å². The van der Waals surface area contributed by atoms with Crippen molar-refractivity contribution < 1.29 is 9.47 Å². The minimum absolute atomic E-state index is 0.370. The molecule has 100 valence electrons. The van der Waals surface area contributed by atoms with E-state index in [1.165, 1.54) is 6.42 Å². The van der Waals surface area contributed by atoms with Crippen LogP contribution in [0.1, 0.15) is 26.2 Å². The van der Waals surface area contributed by atoms with Gasteiger partial charge in [0.25, 0.3) is 0 Å². The molecule has 0 amide bonds. The van der Waals surface area contributed by atoms with Crippen LogP contribution in [0.4, 0.5) is 5.69 Å². The van der Waals surface area contributed by atoms with E-state index in [2.05, 4.69) is 11.9 Å². The summed E-state index contributed by atoms with van der Waals surface area (Å²) in [5.41, 5.74) is 6.43. The number of hydrogen-bond donors (Lipinski definition) is 1. The highest BCUT2D eigenvalue weighted by molar-refractivity contribution is 7.99. The number of aromatic nitrogens is 1. The Morgan fingerprint density at radius 2 is 2.44 bits per heavy atom. The van der Waals surface area contributed by atoms with Crippen LogP contribution in [0.2, 0.25) is 0 Å². The standard InChI is InChI=1S/C13H20N2O2S/c1-2-7-17-13-11(14)5-6-12(15-13)18-9-10-4-3-8-16-10/h5-6,10H,2-4,7-9,14H2,1H3. The van der Waals surface area contributed by atoms with Crippen LogP contribution in [-0.4, -0.2) is 30.1 Å². The molecule has 1 atom stereocenters. The van der Waals surface area contributed by atoms with Crippen molar-refractivity contribution in [3.8, 4) is 5.88 Å². The van der Waals surface area contributed by atoms with Gasteiger partial charge in [-0.15, -0.1) is 11.8 Å². The Bertz CT molecular complexity index is 381. The highest BCUT2D eigenvalue weighted by atomic mass is 32.2. The zero-order valence-electron chi connectivity index (χ0n) is 10.7. The van der Waals surface area contributed by atoms with Gasteiger partial charge in [-0.05, 0) is 31.4 Å². The lowest BCUT2D eigenvalue weighted by atomic mass is 10.3. The minimum atomic E-state index is 0.370. The van der Waals surface area contributed by atoms with Gasteiger partial charge in [0, 0.05) is 12.4 Å². The van der Waals surface area contributed by atoms with Gasteiger partial charge in [0.1, 0.15) is 5.03 Å². The van der Waals surface area contributed by atoms with Gasteiger partial charge in [-0.25, -0.2) is 4.98 Å². The van der Waals surface area contributed by atoms with Crippen molar-refractivity contribution in [3.05, 3.63) is 12.1 Å². The minimum Gasteiger partial charge on any atom is -0.476 e. The molecule has 1 aromatic rings. The van der Waals surface area contributed by atoms with Gasteiger partial charge in [0.15, 0.2) is 0 Å². The van der Waals surface area contributed by atoms with Gasteiger partial charge in [0.05, 0.1) is 18.4 Å². The van der Waals surface area contributed by atoms with E-state index in [1.807, 2.05) is 12.1 Å². The van der Waals surface area contributed by atoms with Crippen molar-refractivity contribution in [3.63, 3.8) is 0 Å². The summed E-state index contributed by atoms with van der Waals surface area (Å²) in [5, 5.41) is 0.950. The number of ether oxygens (including phenoxy) is 2. The normalized spacial score (nSPS) is 19.1. The molecule has 4 nitrogen and oxygen atoms in total. The Kier molecular flexibility index (Phi) is 5.13. The summed E-state index contributed by atoms with van der Waals surface area (Å²) >= 11 is 1.70. The van der Waals surface area contributed by atoms with Crippen LogP contribution < -0.4 is 10.5 Å². The SMILES string of the molecule is CCCOc1nc(SCC2CCCO2)ccc1N. The Labute approximate surface area is 112 Å². The van der Waals surface area contributed by atoms with Gasteiger partial charge in [-0.2, -0.15) is 0 Å². The molecule has 1 saturated heterocycles. The van der Waals surface area contributed by atoms with Crippen LogP contribution >= 0.6 is 11.8 Å². The lowest BCUT2D eigenvalue weighted by molar-refractivity contribution is 0.129. The molecule has 0 saturated carbocycles. The van der Waals surface area contributed by atoms with Crippen LogP contribution in [0.3, 0.4) is 0 Å². The van der Waals surface area contributed by atoms with Crippen LogP contribution in [0.15, 0.2) is 17.2 Å². The molecule has 1 fully saturated rings. The smallest absolute Gasteiger partial charge is 0.238 e. The average Bonchev–Trinajstić information content (AvgIpc) is 2.89. The number of pyridine rings is 1. The Morgan fingerprint density at radius 1 is 1.56 bits per heavy atom. The number of nitrogen functional groups attached to an aromatic ring is 1. The zero-order valence-corrected chi connectivity index (χ0v) is 11.5. The molecule has 5 heteroatoms. The van der Waals surface area contributed by atoms with E-state index in [0.717, 1.165) is 30.2 Å². The Hall–Kier alpha value is -0.940. The Balaban J connectivity index is 1.91. The summed E-state index contributed by atoms with van der Waals surface area (Å²) in [7, 11) is 0. The molecule has 0 radical (unpaired) electrons. The molecule has 0 aromatic carbocycles. The first kappa shape index (κ1) is 13.5. The van der Waals surface area contributed by atoms with E-state index >= 15 is 0 Å². The van der Waals surface area contributed by atoms with E-state index < -0.39 is 0 Å². The maximum absolute atomic E-state index is 5.83. The van der Waals surface area contributed by atoms with Crippen LogP contribution in [-0.2, 0) is 4.74 Å². The molecular formula is C13H20N2O2S. The van der Waals surface area contributed by atoms with E-state index in [9.17, 15) is 0 Å². The molecule has 1 aliphatic heterocycles. The fourth-order valence-electron chi connectivity index (χ4n) is 1.78. The second-order valence-electron chi connectivity index (χ2n) is 4.34. The average molecular weight is 268 g/mol. The maximum Gasteiger partial charge on any atom is 0.238 e. The second kappa shape index (κ2) is 6.85. The number of anilines is 1. The van der Waals surface area contributed by atoms with Gasteiger partial charge < -0.3 is 15.2 Å². The predicted octanol–water partition coefficient (Wildman–Crippen LogP) is 2.72. The summed E-state index contributed by atoms with van der Waals surface area (Å²) in [5.74, 6) is 1.50. The van der Waals surface area contributed by atoms with Crippen LogP contribution in [0.5, 0.6) is 5.88 Å². The van der Waals surface area contributed by atoms with Crippen molar-refractivity contribution in [2.75, 3.05) is 24.7 Å². The third-order valence-electron chi connectivity index (χ3n) is 2.75. The first-order chi connectivity index (χ1) is 8.79. The molecule has 2 N–H and O–H groups in total. The summed E-state index contributed by atoms with van der Waals surface area (Å²) in [6.45, 7) is 3.61. The molecule has 1 unspecified atom stereocenters. The summed E-state index contributed by atoms with van der Waals surface area (Å²) in [4.78, 5) is 4.43. The molecule has 0 bridgehead atoms. The number of nitrogens with zero attached hydrogens (tertiary/aromatic N) is 1.